The van der Waals surface area contributed by atoms with Crippen molar-refractivity contribution in [1.29, 1.82) is 0 Å². The number of carbonyl (C=O) groups is 1. The van der Waals surface area contributed by atoms with Crippen LogP contribution >= 0.6 is 0 Å². The molecule has 2 aliphatic carbocycles. The zero-order chi connectivity index (χ0) is 20.5. The monoisotopic (exact) mass is 398 g/mol. The van der Waals surface area contributed by atoms with Gasteiger partial charge in [0.15, 0.2) is 0 Å². The molecule has 2 saturated carbocycles. The molecule has 2 aliphatic rings. The minimum Gasteiger partial charge on any atom is -0.462 e. The van der Waals surface area contributed by atoms with Gasteiger partial charge in [0, 0.05) is 0 Å². The van der Waals surface area contributed by atoms with Gasteiger partial charge in [-0.2, -0.15) is 0 Å². The summed E-state index contributed by atoms with van der Waals surface area (Å²) in [6.07, 6.45) is 17.6. The van der Waals surface area contributed by atoms with E-state index >= 15 is 0 Å². The van der Waals surface area contributed by atoms with Crippen LogP contribution in [0.3, 0.4) is 0 Å². The molecule has 0 amide bonds. The van der Waals surface area contributed by atoms with Crippen LogP contribution in [0.4, 0.5) is 0 Å². The van der Waals surface area contributed by atoms with E-state index in [1.54, 1.807) is 0 Å². The van der Waals surface area contributed by atoms with Crippen molar-refractivity contribution >= 4 is 5.97 Å². The second kappa shape index (κ2) is 11.8. The molecule has 0 unspecified atom stereocenters. The van der Waals surface area contributed by atoms with Crippen LogP contribution in [-0.2, 0) is 11.2 Å². The van der Waals surface area contributed by atoms with Gasteiger partial charge in [0.1, 0.15) is 0 Å². The summed E-state index contributed by atoms with van der Waals surface area (Å²) in [6, 6.07) is 8.11. The summed E-state index contributed by atoms with van der Waals surface area (Å²) >= 11 is 0. The molecule has 2 nitrogen and oxygen atoms in total. The first kappa shape index (κ1) is 22.4. The van der Waals surface area contributed by atoms with Crippen molar-refractivity contribution in [3.63, 3.8) is 0 Å². The molecular formula is C27H42O2. The van der Waals surface area contributed by atoms with E-state index in [4.69, 9.17) is 4.74 Å². The van der Waals surface area contributed by atoms with E-state index in [1.165, 1.54) is 69.8 Å². The molecule has 0 atom stereocenters. The van der Waals surface area contributed by atoms with Crippen LogP contribution in [0.2, 0.25) is 0 Å². The van der Waals surface area contributed by atoms with Gasteiger partial charge in [-0.3, -0.25) is 0 Å². The van der Waals surface area contributed by atoms with E-state index in [-0.39, 0.29) is 5.97 Å². The van der Waals surface area contributed by atoms with Gasteiger partial charge in [0.05, 0.1) is 12.2 Å². The molecule has 1 aromatic carbocycles. The zero-order valence-electron chi connectivity index (χ0n) is 18.8. The highest BCUT2D eigenvalue weighted by molar-refractivity contribution is 5.89. The Morgan fingerprint density at radius 3 is 2.00 bits per heavy atom. The molecule has 162 valence electrons. The number of rotatable bonds is 9. The topological polar surface area (TPSA) is 26.3 Å². The SMILES string of the molecule is CCCCOC(=O)c1ccc(CCC2CCC(C3CCC(CC)CC3)CC2)cc1. The lowest BCUT2D eigenvalue weighted by atomic mass is 9.68. The minimum absolute atomic E-state index is 0.184. The zero-order valence-corrected chi connectivity index (χ0v) is 18.8. The maximum absolute atomic E-state index is 12.0. The highest BCUT2D eigenvalue weighted by atomic mass is 16.5. The summed E-state index contributed by atoms with van der Waals surface area (Å²) in [5.41, 5.74) is 2.04. The Labute approximate surface area is 178 Å². The van der Waals surface area contributed by atoms with E-state index in [2.05, 4.69) is 26.0 Å². The van der Waals surface area contributed by atoms with Gasteiger partial charge in [-0.25, -0.2) is 4.79 Å². The highest BCUT2D eigenvalue weighted by Crippen LogP contribution is 2.42. The molecule has 0 saturated heterocycles. The summed E-state index contributed by atoms with van der Waals surface area (Å²) in [5.74, 6) is 3.78. The molecule has 0 N–H and O–H groups in total. The van der Waals surface area contributed by atoms with Gasteiger partial charge < -0.3 is 4.74 Å². The van der Waals surface area contributed by atoms with Crippen LogP contribution in [0.15, 0.2) is 24.3 Å². The fourth-order valence-electron chi connectivity index (χ4n) is 5.59. The van der Waals surface area contributed by atoms with Gasteiger partial charge in [-0.05, 0) is 86.3 Å². The van der Waals surface area contributed by atoms with Gasteiger partial charge in [-0.1, -0.05) is 64.5 Å². The Balaban J connectivity index is 1.35. The lowest BCUT2D eigenvalue weighted by Gasteiger charge is -2.37. The Bertz CT molecular complexity index is 589. The first-order chi connectivity index (χ1) is 14.2. The third kappa shape index (κ3) is 6.86. The number of ether oxygens (including phenoxy) is 1. The second-order valence-corrected chi connectivity index (χ2v) is 9.69. The molecule has 0 bridgehead atoms. The number of hydrogen-bond donors (Lipinski definition) is 0. The Morgan fingerprint density at radius 1 is 0.862 bits per heavy atom. The minimum atomic E-state index is -0.184. The van der Waals surface area contributed by atoms with Crippen LogP contribution in [0.5, 0.6) is 0 Å². The molecule has 0 radical (unpaired) electrons. The third-order valence-corrected chi connectivity index (χ3v) is 7.79. The second-order valence-electron chi connectivity index (χ2n) is 9.69. The van der Waals surface area contributed by atoms with Gasteiger partial charge in [-0.15, -0.1) is 0 Å². The van der Waals surface area contributed by atoms with Crippen LogP contribution < -0.4 is 0 Å². The Kier molecular flexibility index (Phi) is 9.08. The number of hydrogen-bond acceptors (Lipinski definition) is 2. The number of unbranched alkanes of at least 4 members (excludes halogenated alkanes) is 1. The predicted octanol–water partition coefficient (Wildman–Crippen LogP) is 7.60. The van der Waals surface area contributed by atoms with Gasteiger partial charge in [0.2, 0.25) is 0 Å². The van der Waals surface area contributed by atoms with Crippen molar-refractivity contribution in [1.82, 2.24) is 0 Å². The Morgan fingerprint density at radius 2 is 1.45 bits per heavy atom. The molecule has 0 aromatic heterocycles. The fraction of sp³-hybridized carbons (Fsp3) is 0.741. The smallest absolute Gasteiger partial charge is 0.338 e. The summed E-state index contributed by atoms with van der Waals surface area (Å²) < 4.78 is 5.30. The Hall–Kier alpha value is -1.31. The quantitative estimate of drug-likeness (QED) is 0.316. The van der Waals surface area contributed by atoms with Crippen molar-refractivity contribution < 1.29 is 9.53 Å². The van der Waals surface area contributed by atoms with Gasteiger partial charge in [0.25, 0.3) is 0 Å². The summed E-state index contributed by atoms with van der Waals surface area (Å²) in [4.78, 5) is 12.0. The summed E-state index contributed by atoms with van der Waals surface area (Å²) in [6.45, 7) is 5.00. The van der Waals surface area contributed by atoms with Crippen LogP contribution in [0.1, 0.15) is 107 Å². The maximum Gasteiger partial charge on any atom is 0.338 e. The van der Waals surface area contributed by atoms with Crippen molar-refractivity contribution in [2.24, 2.45) is 23.7 Å². The lowest BCUT2D eigenvalue weighted by molar-refractivity contribution is 0.0499. The first-order valence-corrected chi connectivity index (χ1v) is 12.5. The van der Waals surface area contributed by atoms with Crippen molar-refractivity contribution in [2.75, 3.05) is 6.61 Å². The molecule has 2 fully saturated rings. The van der Waals surface area contributed by atoms with Gasteiger partial charge >= 0.3 is 5.97 Å². The predicted molar refractivity (Wildman–Crippen MR) is 121 cm³/mol. The van der Waals surface area contributed by atoms with E-state index in [0.29, 0.717) is 12.2 Å². The number of esters is 1. The molecule has 3 rings (SSSR count). The maximum atomic E-state index is 12.0. The lowest BCUT2D eigenvalue weighted by Crippen LogP contribution is -2.25. The van der Waals surface area contributed by atoms with Crippen LogP contribution in [0, 0.1) is 23.7 Å². The molecule has 1 aromatic rings. The van der Waals surface area contributed by atoms with Crippen molar-refractivity contribution in [3.05, 3.63) is 35.4 Å². The molecule has 0 aliphatic heterocycles. The van der Waals surface area contributed by atoms with Crippen LogP contribution in [0.25, 0.3) is 0 Å². The molecular weight excluding hydrogens is 356 g/mol. The molecule has 2 heteroatoms. The molecule has 0 heterocycles. The average Bonchev–Trinajstić information content (AvgIpc) is 2.78. The number of benzene rings is 1. The van der Waals surface area contributed by atoms with E-state index in [0.717, 1.165) is 42.9 Å². The fourth-order valence-corrected chi connectivity index (χ4v) is 5.59. The standard InChI is InChI=1S/C27H42O2/c1-3-5-20-29-27(28)26-18-12-23(13-19-26)7-6-22-10-16-25(17-11-22)24-14-8-21(4-2)9-15-24/h12-13,18-19,21-22,24-25H,3-11,14-17,20H2,1-2H3. The number of carbonyl (C=O) groups excluding carboxylic acids is 1. The van der Waals surface area contributed by atoms with E-state index in [9.17, 15) is 4.79 Å². The molecule has 0 spiro atoms. The largest absolute Gasteiger partial charge is 0.462 e. The van der Waals surface area contributed by atoms with Crippen LogP contribution in [-0.4, -0.2) is 12.6 Å². The van der Waals surface area contributed by atoms with Crippen molar-refractivity contribution in [2.45, 2.75) is 97.3 Å². The summed E-state index contributed by atoms with van der Waals surface area (Å²) in [5, 5.41) is 0. The van der Waals surface area contributed by atoms with Crippen molar-refractivity contribution in [3.8, 4) is 0 Å². The highest BCUT2D eigenvalue weighted by Gasteiger charge is 2.30. The first-order valence-electron chi connectivity index (χ1n) is 12.5. The average molecular weight is 399 g/mol. The van der Waals surface area contributed by atoms with E-state index in [1.807, 2.05) is 12.1 Å². The third-order valence-electron chi connectivity index (χ3n) is 7.79. The molecule has 29 heavy (non-hydrogen) atoms. The normalized spacial score (nSPS) is 27.5. The summed E-state index contributed by atoms with van der Waals surface area (Å²) in [7, 11) is 0. The van der Waals surface area contributed by atoms with E-state index < -0.39 is 0 Å². The number of aryl methyl sites for hydroxylation is 1.